The third-order valence-electron chi connectivity index (χ3n) is 9.18. The van der Waals surface area contributed by atoms with Crippen molar-refractivity contribution in [2.24, 2.45) is 39.9 Å². The number of guanidine groups is 1. The largest absolute Gasteiger partial charge is 0.370 e. The molecule has 0 aliphatic rings. The number of unbranched alkanes of at least 4 members (excludes halogenated alkanes) is 1. The van der Waals surface area contributed by atoms with E-state index in [2.05, 4.69) is 30.9 Å². The van der Waals surface area contributed by atoms with Crippen molar-refractivity contribution in [2.45, 2.75) is 123 Å². The van der Waals surface area contributed by atoms with Crippen molar-refractivity contribution in [3.8, 4) is 0 Å². The quantitative estimate of drug-likeness (QED) is 0.0402. The maximum Gasteiger partial charge on any atom is 0.224 e. The van der Waals surface area contributed by atoms with Crippen LogP contribution >= 0.6 is 0 Å². The number of imidazole rings is 1. The number of carbonyl (C=O) groups is 5. The molecule has 53 heavy (non-hydrogen) atoms. The molecule has 0 unspecified atom stereocenters. The number of hydrogen-bond acceptors (Lipinski definition) is 9. The first kappa shape index (κ1) is 44.7. The number of nitrogens with two attached hydrogens (primary N) is 3. The number of nitrogens with zero attached hydrogens (tertiary/aromatic N) is 2. The molecule has 2 aromatic rings. The first-order valence-electron chi connectivity index (χ1n) is 19.0. The van der Waals surface area contributed by atoms with Crippen LogP contribution in [-0.2, 0) is 36.8 Å². The fourth-order valence-corrected chi connectivity index (χ4v) is 6.30. The highest BCUT2D eigenvalue weighted by Crippen LogP contribution is 2.20. The van der Waals surface area contributed by atoms with Gasteiger partial charge >= 0.3 is 0 Å². The van der Waals surface area contributed by atoms with E-state index in [0.29, 0.717) is 37.9 Å². The van der Waals surface area contributed by atoms with Gasteiger partial charge in [0.15, 0.2) is 23.3 Å². The molecule has 0 saturated heterocycles. The number of Topliss-reactive ketones (excluding diaryl/α,β-unsaturated/α-hetero) is 3. The lowest BCUT2D eigenvalue weighted by Gasteiger charge is -2.27. The Morgan fingerprint density at radius 2 is 1.49 bits per heavy atom. The zero-order valence-corrected chi connectivity index (χ0v) is 32.2. The first-order valence-corrected chi connectivity index (χ1v) is 19.0. The minimum Gasteiger partial charge on any atom is -0.370 e. The van der Waals surface area contributed by atoms with E-state index in [1.807, 2.05) is 58.0 Å². The predicted molar refractivity (Wildman–Crippen MR) is 208 cm³/mol. The summed E-state index contributed by atoms with van der Waals surface area (Å²) in [5.74, 6) is -3.37. The van der Waals surface area contributed by atoms with Crippen LogP contribution in [0.25, 0.3) is 0 Å². The van der Waals surface area contributed by atoms with Crippen LogP contribution in [0.5, 0.6) is 0 Å². The summed E-state index contributed by atoms with van der Waals surface area (Å²) in [6, 6.07) is 7.34. The lowest BCUT2D eigenvalue weighted by molar-refractivity contribution is -0.135. The van der Waals surface area contributed by atoms with E-state index >= 15 is 0 Å². The van der Waals surface area contributed by atoms with Crippen LogP contribution in [0.2, 0.25) is 0 Å². The fourth-order valence-electron chi connectivity index (χ4n) is 6.30. The summed E-state index contributed by atoms with van der Waals surface area (Å²) in [6.45, 7) is 10.1. The second kappa shape index (κ2) is 24.0. The second-order valence-corrected chi connectivity index (χ2v) is 14.4. The molecule has 14 heteroatoms. The third kappa shape index (κ3) is 16.8. The van der Waals surface area contributed by atoms with Crippen LogP contribution in [0, 0.1) is 17.8 Å². The lowest BCUT2D eigenvalue weighted by Crippen LogP contribution is -2.50. The van der Waals surface area contributed by atoms with Gasteiger partial charge in [-0.2, -0.15) is 0 Å². The Balaban J connectivity index is 2.30. The zero-order chi connectivity index (χ0) is 39.3. The average Bonchev–Trinajstić information content (AvgIpc) is 3.63. The van der Waals surface area contributed by atoms with Gasteiger partial charge in [-0.3, -0.25) is 29.0 Å². The van der Waals surface area contributed by atoms with Gasteiger partial charge < -0.3 is 38.1 Å². The van der Waals surface area contributed by atoms with Gasteiger partial charge in [0.2, 0.25) is 11.8 Å². The Morgan fingerprint density at radius 1 is 0.811 bits per heavy atom. The van der Waals surface area contributed by atoms with Crippen LogP contribution in [0.3, 0.4) is 0 Å². The van der Waals surface area contributed by atoms with E-state index in [-0.39, 0.29) is 67.5 Å². The SMILES string of the molecule is CCC(=O)[C@H](Cc1ccccc1)NC(=O)[C@@H](CC(=O)[C@@H](NC(=O)[C@H](CCCN=C(N)N)CC(=O)[C@H](CCCCN)NC(C)C)C(C)C)Cc1cnc[nH]1. The highest BCUT2D eigenvalue weighted by molar-refractivity contribution is 5.96. The molecule has 0 spiro atoms. The molecule has 1 aromatic carbocycles. The van der Waals surface area contributed by atoms with E-state index in [4.69, 9.17) is 17.2 Å². The van der Waals surface area contributed by atoms with Crippen LogP contribution in [-0.4, -0.2) is 82.3 Å². The number of aliphatic imine (C=N–C) groups is 1. The number of benzene rings is 1. The Kier molecular flexibility index (Phi) is 20.3. The fraction of sp³-hybridized carbons (Fsp3) is 0.615. The minimum absolute atomic E-state index is 0.0290. The molecule has 2 amide bonds. The minimum atomic E-state index is -0.929. The van der Waals surface area contributed by atoms with Gasteiger partial charge in [-0.05, 0) is 50.1 Å². The second-order valence-electron chi connectivity index (χ2n) is 14.4. The van der Waals surface area contributed by atoms with Crippen molar-refractivity contribution in [3.63, 3.8) is 0 Å². The molecule has 5 atom stereocenters. The van der Waals surface area contributed by atoms with E-state index in [1.54, 1.807) is 13.1 Å². The smallest absolute Gasteiger partial charge is 0.224 e. The molecule has 14 nitrogen and oxygen atoms in total. The molecule has 0 aliphatic heterocycles. The number of ketones is 3. The Morgan fingerprint density at radius 3 is 2.08 bits per heavy atom. The normalized spacial score (nSPS) is 14.2. The van der Waals surface area contributed by atoms with Gasteiger partial charge in [0.25, 0.3) is 0 Å². The molecule has 1 aromatic heterocycles. The van der Waals surface area contributed by atoms with Crippen LogP contribution in [0.15, 0.2) is 47.8 Å². The number of aromatic amines is 1. The summed E-state index contributed by atoms with van der Waals surface area (Å²) in [7, 11) is 0. The summed E-state index contributed by atoms with van der Waals surface area (Å²) < 4.78 is 0. The molecule has 0 saturated carbocycles. The molecular formula is C39H63N9O5. The summed E-state index contributed by atoms with van der Waals surface area (Å²) in [4.78, 5) is 79.6. The number of amides is 2. The Bertz CT molecular complexity index is 1440. The topological polar surface area (TPSA) is 241 Å². The van der Waals surface area contributed by atoms with Gasteiger partial charge in [0, 0.05) is 56.1 Å². The maximum absolute atomic E-state index is 14.1. The Labute approximate surface area is 314 Å². The van der Waals surface area contributed by atoms with E-state index in [9.17, 15) is 24.0 Å². The molecule has 0 fully saturated rings. The van der Waals surface area contributed by atoms with E-state index < -0.39 is 41.8 Å². The molecule has 0 bridgehead atoms. The number of hydrogen-bond donors (Lipinski definition) is 7. The number of H-pyrrole nitrogens is 1. The Hall–Kier alpha value is -4.43. The third-order valence-corrected chi connectivity index (χ3v) is 9.18. The number of aromatic nitrogens is 2. The van der Waals surface area contributed by atoms with E-state index in [1.165, 1.54) is 6.33 Å². The standard InChI is InChI=1S/C39H63N9O5/c1-6-33(49)32(19-27-13-8-7-9-14-27)47-38(53)29(20-30-23-43-24-45-30)22-35(51)36(25(2)3)48-37(52)28(15-12-18-44-39(41)42)21-34(50)31(46-26(4)5)16-10-11-17-40/h7-9,13-14,23-26,28-29,31-32,36,46H,6,10-12,15-22,40H2,1-5H3,(H,43,45)(H,47,53)(H,48,52)(H4,41,42,44)/t28-,29-,31+,32+,36+/m1/s1. The van der Waals surface area contributed by atoms with Crippen molar-refractivity contribution < 1.29 is 24.0 Å². The van der Waals surface area contributed by atoms with Crippen molar-refractivity contribution in [3.05, 3.63) is 54.1 Å². The van der Waals surface area contributed by atoms with Gasteiger partial charge in [-0.1, -0.05) is 71.4 Å². The molecule has 2 rings (SSSR count). The summed E-state index contributed by atoms with van der Waals surface area (Å²) >= 11 is 0. The highest BCUT2D eigenvalue weighted by Gasteiger charge is 2.34. The summed E-state index contributed by atoms with van der Waals surface area (Å²) in [6.07, 6.45) is 6.51. The maximum atomic E-state index is 14.1. The zero-order valence-electron chi connectivity index (χ0n) is 32.2. The monoisotopic (exact) mass is 737 g/mol. The van der Waals surface area contributed by atoms with Crippen molar-refractivity contribution >= 4 is 35.1 Å². The van der Waals surface area contributed by atoms with Crippen molar-refractivity contribution in [2.75, 3.05) is 13.1 Å². The molecule has 0 radical (unpaired) electrons. The highest BCUT2D eigenvalue weighted by atomic mass is 16.2. The van der Waals surface area contributed by atoms with Crippen LogP contribution in [0.4, 0.5) is 0 Å². The number of nitrogens with one attached hydrogen (secondary N) is 4. The van der Waals surface area contributed by atoms with Gasteiger partial charge in [-0.15, -0.1) is 0 Å². The molecule has 10 N–H and O–H groups in total. The number of carbonyl (C=O) groups excluding carboxylic acids is 5. The molecule has 294 valence electrons. The lowest BCUT2D eigenvalue weighted by atomic mass is 9.87. The van der Waals surface area contributed by atoms with Crippen molar-refractivity contribution in [1.82, 2.24) is 25.9 Å². The summed E-state index contributed by atoms with van der Waals surface area (Å²) in [5, 5.41) is 9.19. The first-order chi connectivity index (χ1) is 25.2. The summed E-state index contributed by atoms with van der Waals surface area (Å²) in [5.41, 5.74) is 18.2. The number of rotatable bonds is 27. The predicted octanol–water partition coefficient (Wildman–Crippen LogP) is 2.50. The van der Waals surface area contributed by atoms with Gasteiger partial charge in [0.1, 0.15) is 0 Å². The molecular weight excluding hydrogens is 674 g/mol. The van der Waals surface area contributed by atoms with Crippen LogP contribution in [0.1, 0.15) is 97.2 Å². The molecule has 0 aliphatic carbocycles. The average molecular weight is 738 g/mol. The van der Waals surface area contributed by atoms with Gasteiger partial charge in [0.05, 0.1) is 30.4 Å². The van der Waals surface area contributed by atoms with Crippen LogP contribution < -0.4 is 33.2 Å². The molecule has 1 heterocycles. The van der Waals surface area contributed by atoms with Crippen molar-refractivity contribution in [1.29, 1.82) is 0 Å². The van der Waals surface area contributed by atoms with Gasteiger partial charge in [-0.25, -0.2) is 4.98 Å². The van der Waals surface area contributed by atoms with E-state index in [0.717, 1.165) is 18.4 Å².